The van der Waals surface area contributed by atoms with Crippen molar-refractivity contribution in [3.63, 3.8) is 0 Å². The molecule has 0 aliphatic heterocycles. The maximum absolute atomic E-state index is 12.1. The second-order valence-corrected chi connectivity index (χ2v) is 4.36. The summed E-state index contributed by atoms with van der Waals surface area (Å²) in [5.74, 6) is -0.120. The van der Waals surface area contributed by atoms with Gasteiger partial charge in [-0.05, 0) is 25.1 Å². The molecular weight excluding hydrogens is 242 g/mol. The summed E-state index contributed by atoms with van der Waals surface area (Å²) >= 11 is 0. The van der Waals surface area contributed by atoms with E-state index in [-0.39, 0.29) is 11.9 Å². The fourth-order valence-corrected chi connectivity index (χ4v) is 1.94. The average molecular weight is 255 g/mol. The van der Waals surface area contributed by atoms with Crippen LogP contribution in [0.3, 0.4) is 0 Å². The van der Waals surface area contributed by atoms with E-state index in [1.54, 1.807) is 30.9 Å². The van der Waals surface area contributed by atoms with E-state index in [9.17, 15) is 4.79 Å². The number of carbonyl (C=O) groups excluding carboxylic acids is 1. The second kappa shape index (κ2) is 4.56. The minimum atomic E-state index is -0.120. The van der Waals surface area contributed by atoms with Gasteiger partial charge in [0.1, 0.15) is 0 Å². The molecule has 6 heteroatoms. The van der Waals surface area contributed by atoms with E-state index < -0.39 is 0 Å². The number of rotatable bonds is 3. The Kier molecular flexibility index (Phi) is 2.75. The molecule has 0 aliphatic rings. The molecule has 3 rings (SSSR count). The highest BCUT2D eigenvalue weighted by Gasteiger charge is 2.12. The van der Waals surface area contributed by atoms with E-state index in [2.05, 4.69) is 25.5 Å². The Morgan fingerprint density at radius 1 is 1.42 bits per heavy atom. The standard InChI is InChI=1S/C13H13N5O/c1-8(10-5-16-17-6-10)18-13(19)9-2-3-11-12(4-9)15-7-14-11/h2-8H,1H3,(H,14,15)(H,16,17)(H,18,19). The van der Waals surface area contributed by atoms with E-state index in [1.165, 1.54) is 0 Å². The van der Waals surface area contributed by atoms with Crippen LogP contribution < -0.4 is 5.32 Å². The molecule has 19 heavy (non-hydrogen) atoms. The van der Waals surface area contributed by atoms with Gasteiger partial charge in [0, 0.05) is 17.3 Å². The van der Waals surface area contributed by atoms with Crippen LogP contribution in [-0.4, -0.2) is 26.1 Å². The van der Waals surface area contributed by atoms with Crippen molar-refractivity contribution in [2.24, 2.45) is 0 Å². The molecule has 1 unspecified atom stereocenters. The van der Waals surface area contributed by atoms with Crippen LogP contribution >= 0.6 is 0 Å². The molecule has 0 saturated carbocycles. The Bertz CT molecular complexity index is 701. The Labute approximate surface area is 109 Å². The summed E-state index contributed by atoms with van der Waals surface area (Å²) < 4.78 is 0. The van der Waals surface area contributed by atoms with Gasteiger partial charge in [0.2, 0.25) is 0 Å². The number of H-pyrrole nitrogens is 2. The number of hydrogen-bond acceptors (Lipinski definition) is 3. The lowest BCUT2D eigenvalue weighted by Crippen LogP contribution is -2.26. The van der Waals surface area contributed by atoms with Crippen molar-refractivity contribution in [3.8, 4) is 0 Å². The van der Waals surface area contributed by atoms with Crippen molar-refractivity contribution in [1.82, 2.24) is 25.5 Å². The highest BCUT2D eigenvalue weighted by atomic mass is 16.1. The normalized spacial score (nSPS) is 12.5. The van der Waals surface area contributed by atoms with Gasteiger partial charge >= 0.3 is 0 Å². The molecule has 96 valence electrons. The van der Waals surface area contributed by atoms with Gasteiger partial charge in [-0.2, -0.15) is 5.10 Å². The lowest BCUT2D eigenvalue weighted by atomic mass is 10.1. The summed E-state index contributed by atoms with van der Waals surface area (Å²) in [7, 11) is 0. The molecule has 0 radical (unpaired) electrons. The van der Waals surface area contributed by atoms with E-state index in [0.29, 0.717) is 5.56 Å². The van der Waals surface area contributed by atoms with Crippen molar-refractivity contribution in [1.29, 1.82) is 0 Å². The predicted molar refractivity (Wildman–Crippen MR) is 70.6 cm³/mol. The summed E-state index contributed by atoms with van der Waals surface area (Å²) in [5, 5.41) is 9.52. The van der Waals surface area contributed by atoms with Gasteiger partial charge in [-0.3, -0.25) is 9.89 Å². The second-order valence-electron chi connectivity index (χ2n) is 4.36. The third-order valence-electron chi connectivity index (χ3n) is 3.05. The van der Waals surface area contributed by atoms with Crippen LogP contribution in [0.1, 0.15) is 28.9 Å². The van der Waals surface area contributed by atoms with E-state index in [1.807, 2.05) is 13.0 Å². The minimum Gasteiger partial charge on any atom is -0.345 e. The van der Waals surface area contributed by atoms with Gasteiger partial charge in [-0.15, -0.1) is 0 Å². The third-order valence-corrected chi connectivity index (χ3v) is 3.05. The van der Waals surface area contributed by atoms with Crippen molar-refractivity contribution in [2.75, 3.05) is 0 Å². The van der Waals surface area contributed by atoms with Crippen LogP contribution in [0, 0.1) is 0 Å². The molecule has 1 atom stereocenters. The quantitative estimate of drug-likeness (QED) is 0.666. The number of nitrogens with one attached hydrogen (secondary N) is 3. The molecule has 6 nitrogen and oxygen atoms in total. The third kappa shape index (κ3) is 2.20. The summed E-state index contributed by atoms with van der Waals surface area (Å²) in [4.78, 5) is 19.3. The van der Waals surface area contributed by atoms with Crippen LogP contribution in [-0.2, 0) is 0 Å². The van der Waals surface area contributed by atoms with Gasteiger partial charge < -0.3 is 10.3 Å². The van der Waals surface area contributed by atoms with Crippen molar-refractivity contribution < 1.29 is 4.79 Å². The lowest BCUT2D eigenvalue weighted by molar-refractivity contribution is 0.0940. The topological polar surface area (TPSA) is 86.5 Å². The summed E-state index contributed by atoms with van der Waals surface area (Å²) in [6.07, 6.45) is 5.08. The molecule has 0 fully saturated rings. The maximum Gasteiger partial charge on any atom is 0.251 e. The number of benzene rings is 1. The zero-order chi connectivity index (χ0) is 13.2. The first-order chi connectivity index (χ1) is 9.24. The summed E-state index contributed by atoms with van der Waals surface area (Å²) in [6, 6.07) is 5.28. The van der Waals surface area contributed by atoms with E-state index >= 15 is 0 Å². The first-order valence-corrected chi connectivity index (χ1v) is 5.97. The molecule has 3 N–H and O–H groups in total. The number of nitrogens with zero attached hydrogens (tertiary/aromatic N) is 2. The molecule has 1 amide bonds. The molecule has 1 aromatic carbocycles. The van der Waals surface area contributed by atoms with Crippen molar-refractivity contribution in [2.45, 2.75) is 13.0 Å². The number of fused-ring (bicyclic) bond motifs is 1. The molecule has 2 heterocycles. The molecule has 0 saturated heterocycles. The van der Waals surface area contributed by atoms with Crippen LogP contribution in [0.4, 0.5) is 0 Å². The summed E-state index contributed by atoms with van der Waals surface area (Å²) in [6.45, 7) is 1.91. The van der Waals surface area contributed by atoms with E-state index in [4.69, 9.17) is 0 Å². The van der Waals surface area contributed by atoms with Gasteiger partial charge in [-0.1, -0.05) is 0 Å². The Hall–Kier alpha value is -2.63. The van der Waals surface area contributed by atoms with Crippen molar-refractivity contribution >= 4 is 16.9 Å². The zero-order valence-corrected chi connectivity index (χ0v) is 10.3. The molecule has 0 aliphatic carbocycles. The van der Waals surface area contributed by atoms with Crippen LogP contribution in [0.15, 0.2) is 36.9 Å². The largest absolute Gasteiger partial charge is 0.345 e. The van der Waals surface area contributed by atoms with Gasteiger partial charge in [0.25, 0.3) is 5.91 Å². The molecule has 0 bridgehead atoms. The number of carbonyl (C=O) groups is 1. The zero-order valence-electron chi connectivity index (χ0n) is 10.3. The molecular formula is C13H13N5O. The molecule has 2 aromatic heterocycles. The highest BCUT2D eigenvalue weighted by Crippen LogP contribution is 2.14. The van der Waals surface area contributed by atoms with Gasteiger partial charge in [0.15, 0.2) is 0 Å². The maximum atomic E-state index is 12.1. The Morgan fingerprint density at radius 3 is 3.11 bits per heavy atom. The van der Waals surface area contributed by atoms with Crippen LogP contribution in [0.25, 0.3) is 11.0 Å². The van der Waals surface area contributed by atoms with Crippen molar-refractivity contribution in [3.05, 3.63) is 48.0 Å². The Morgan fingerprint density at radius 2 is 2.32 bits per heavy atom. The van der Waals surface area contributed by atoms with Gasteiger partial charge in [0.05, 0.1) is 29.6 Å². The lowest BCUT2D eigenvalue weighted by Gasteiger charge is -2.11. The monoisotopic (exact) mass is 255 g/mol. The average Bonchev–Trinajstić information content (AvgIpc) is 3.09. The predicted octanol–water partition coefficient (Wildman–Crippen LogP) is 1.78. The minimum absolute atomic E-state index is 0.0938. The molecule has 3 aromatic rings. The number of aromatic nitrogens is 4. The fraction of sp³-hybridized carbons (Fsp3) is 0.154. The number of hydrogen-bond donors (Lipinski definition) is 3. The smallest absolute Gasteiger partial charge is 0.251 e. The number of aromatic amines is 2. The SMILES string of the molecule is CC(NC(=O)c1ccc2nc[nH]c2c1)c1cn[nH]c1. The van der Waals surface area contributed by atoms with Crippen LogP contribution in [0.2, 0.25) is 0 Å². The Balaban J connectivity index is 1.79. The first-order valence-electron chi connectivity index (χ1n) is 5.97. The first kappa shape index (κ1) is 11.5. The number of imidazole rings is 1. The number of amides is 1. The van der Waals surface area contributed by atoms with Crippen LogP contribution in [0.5, 0.6) is 0 Å². The summed E-state index contributed by atoms with van der Waals surface area (Å²) in [5.41, 5.74) is 3.24. The fourth-order valence-electron chi connectivity index (χ4n) is 1.94. The van der Waals surface area contributed by atoms with E-state index in [0.717, 1.165) is 16.6 Å². The highest BCUT2D eigenvalue weighted by molar-refractivity contribution is 5.97. The van der Waals surface area contributed by atoms with Gasteiger partial charge in [-0.25, -0.2) is 4.98 Å². The molecule has 0 spiro atoms.